The van der Waals surface area contributed by atoms with Gasteiger partial charge in [0.15, 0.2) is 4.34 Å². The molecule has 0 aliphatic heterocycles. The lowest BCUT2D eigenvalue weighted by Crippen LogP contribution is -2.01. The maximum atomic E-state index is 10.9. The van der Waals surface area contributed by atoms with Crippen molar-refractivity contribution < 1.29 is 9.90 Å². The lowest BCUT2D eigenvalue weighted by Gasteiger charge is -2.02. The zero-order valence-electron chi connectivity index (χ0n) is 8.88. The minimum absolute atomic E-state index is 0.108. The third kappa shape index (κ3) is 2.75. The van der Waals surface area contributed by atoms with Crippen LogP contribution in [0.5, 0.6) is 0 Å². The highest BCUT2D eigenvalue weighted by Gasteiger charge is 2.10. The Kier molecular flexibility index (Phi) is 3.30. The molecule has 0 fully saturated rings. The summed E-state index contributed by atoms with van der Waals surface area (Å²) >= 11 is 2.84. The SMILES string of the molecule is Cc1nnc(Sc2ccc(N)c(C(=O)O)c2)s1. The summed E-state index contributed by atoms with van der Waals surface area (Å²) in [6.07, 6.45) is 0. The van der Waals surface area contributed by atoms with Crippen LogP contribution in [0.25, 0.3) is 0 Å². The summed E-state index contributed by atoms with van der Waals surface area (Å²) in [6, 6.07) is 4.89. The predicted octanol–water partition coefficient (Wildman–Crippen LogP) is 2.28. The van der Waals surface area contributed by atoms with Crippen LogP contribution in [-0.4, -0.2) is 21.3 Å². The molecule has 7 heteroatoms. The second-order valence-electron chi connectivity index (χ2n) is 3.24. The monoisotopic (exact) mass is 267 g/mol. The van der Waals surface area contributed by atoms with Gasteiger partial charge < -0.3 is 10.8 Å². The lowest BCUT2D eigenvalue weighted by molar-refractivity contribution is 0.0698. The quantitative estimate of drug-likeness (QED) is 0.829. The number of aromatic carboxylic acids is 1. The van der Waals surface area contributed by atoms with E-state index in [9.17, 15) is 4.79 Å². The van der Waals surface area contributed by atoms with E-state index in [0.717, 1.165) is 14.2 Å². The Hall–Kier alpha value is -1.60. The molecule has 88 valence electrons. The molecule has 3 N–H and O–H groups in total. The van der Waals surface area contributed by atoms with Crippen LogP contribution in [-0.2, 0) is 0 Å². The van der Waals surface area contributed by atoms with Gasteiger partial charge in [-0.2, -0.15) is 0 Å². The second-order valence-corrected chi connectivity index (χ2v) is 5.75. The molecule has 0 saturated heterocycles. The van der Waals surface area contributed by atoms with E-state index in [-0.39, 0.29) is 11.3 Å². The number of nitrogen functional groups attached to an aromatic ring is 1. The number of carboxylic acid groups (broad SMARTS) is 1. The Bertz CT molecular complexity index is 568. The van der Waals surface area contributed by atoms with E-state index in [0.29, 0.717) is 0 Å². The fourth-order valence-electron chi connectivity index (χ4n) is 1.20. The fraction of sp³-hybridized carbons (Fsp3) is 0.100. The molecule has 5 nitrogen and oxygen atoms in total. The van der Waals surface area contributed by atoms with Crippen LogP contribution >= 0.6 is 23.1 Å². The normalized spacial score (nSPS) is 10.4. The van der Waals surface area contributed by atoms with Crippen molar-refractivity contribution in [2.75, 3.05) is 5.73 Å². The third-order valence-corrected chi connectivity index (χ3v) is 3.85. The number of hydrogen-bond donors (Lipinski definition) is 2. The molecule has 1 heterocycles. The topological polar surface area (TPSA) is 89.1 Å². The Morgan fingerprint density at radius 1 is 1.47 bits per heavy atom. The van der Waals surface area contributed by atoms with Gasteiger partial charge in [0.05, 0.1) is 5.56 Å². The molecule has 0 saturated carbocycles. The van der Waals surface area contributed by atoms with E-state index in [1.165, 1.54) is 23.1 Å². The first-order valence-corrected chi connectivity index (χ1v) is 6.30. The lowest BCUT2D eigenvalue weighted by atomic mass is 10.2. The van der Waals surface area contributed by atoms with Crippen molar-refractivity contribution in [1.82, 2.24) is 10.2 Å². The Morgan fingerprint density at radius 2 is 2.24 bits per heavy atom. The summed E-state index contributed by atoms with van der Waals surface area (Å²) in [5, 5.41) is 17.7. The van der Waals surface area contributed by atoms with Gasteiger partial charge in [-0.1, -0.05) is 23.1 Å². The van der Waals surface area contributed by atoms with Crippen LogP contribution in [0.15, 0.2) is 27.4 Å². The molecule has 0 atom stereocenters. The Morgan fingerprint density at radius 3 is 2.82 bits per heavy atom. The number of nitrogens with two attached hydrogens (primary N) is 1. The van der Waals surface area contributed by atoms with Gasteiger partial charge in [-0.25, -0.2) is 4.79 Å². The summed E-state index contributed by atoms with van der Waals surface area (Å²) < 4.78 is 0.781. The van der Waals surface area contributed by atoms with Gasteiger partial charge in [0, 0.05) is 10.6 Å². The summed E-state index contributed by atoms with van der Waals surface area (Å²) in [7, 11) is 0. The zero-order valence-corrected chi connectivity index (χ0v) is 10.5. The maximum Gasteiger partial charge on any atom is 0.337 e. The Labute approximate surface area is 106 Å². The molecule has 0 aliphatic carbocycles. The third-order valence-electron chi connectivity index (χ3n) is 1.97. The van der Waals surface area contributed by atoms with E-state index >= 15 is 0 Å². The molecule has 0 spiro atoms. The van der Waals surface area contributed by atoms with Crippen LogP contribution < -0.4 is 5.73 Å². The minimum atomic E-state index is -1.03. The van der Waals surface area contributed by atoms with Crippen molar-refractivity contribution >= 4 is 34.8 Å². The summed E-state index contributed by atoms with van der Waals surface area (Å²) in [4.78, 5) is 11.7. The van der Waals surface area contributed by atoms with E-state index < -0.39 is 5.97 Å². The van der Waals surface area contributed by atoms with Gasteiger partial charge in [-0.05, 0) is 25.1 Å². The summed E-state index contributed by atoms with van der Waals surface area (Å²) in [5.41, 5.74) is 5.94. The van der Waals surface area contributed by atoms with Gasteiger partial charge in [0.25, 0.3) is 0 Å². The first kappa shape index (κ1) is 11.9. The average molecular weight is 267 g/mol. The van der Waals surface area contributed by atoms with Crippen LogP contribution in [0.2, 0.25) is 0 Å². The molecule has 0 unspecified atom stereocenters. The van der Waals surface area contributed by atoms with E-state index in [1.807, 2.05) is 6.92 Å². The molecule has 0 aliphatic rings. The molecule has 1 aromatic carbocycles. The van der Waals surface area contributed by atoms with Crippen molar-refractivity contribution in [3.05, 3.63) is 28.8 Å². The highest BCUT2D eigenvalue weighted by atomic mass is 32.2. The highest BCUT2D eigenvalue weighted by molar-refractivity contribution is 8.01. The molecule has 17 heavy (non-hydrogen) atoms. The fourth-order valence-corrected chi connectivity index (χ4v) is 3.03. The van der Waals surface area contributed by atoms with E-state index in [1.54, 1.807) is 18.2 Å². The average Bonchev–Trinajstić information content (AvgIpc) is 2.66. The van der Waals surface area contributed by atoms with Crippen LogP contribution in [0, 0.1) is 6.92 Å². The van der Waals surface area contributed by atoms with Gasteiger partial charge in [-0.3, -0.25) is 0 Å². The number of carbonyl (C=O) groups is 1. The van der Waals surface area contributed by atoms with Crippen LogP contribution in [0.3, 0.4) is 0 Å². The van der Waals surface area contributed by atoms with Crippen molar-refractivity contribution in [2.24, 2.45) is 0 Å². The van der Waals surface area contributed by atoms with Crippen molar-refractivity contribution in [2.45, 2.75) is 16.2 Å². The molecule has 2 rings (SSSR count). The molecular formula is C10H9N3O2S2. The number of hydrogen-bond acceptors (Lipinski definition) is 6. The van der Waals surface area contributed by atoms with Crippen LogP contribution in [0.1, 0.15) is 15.4 Å². The molecule has 0 bridgehead atoms. The first-order chi connectivity index (χ1) is 8.06. The zero-order chi connectivity index (χ0) is 12.4. The number of rotatable bonds is 3. The molecule has 0 radical (unpaired) electrons. The first-order valence-electron chi connectivity index (χ1n) is 4.67. The van der Waals surface area contributed by atoms with Gasteiger partial charge in [0.1, 0.15) is 5.01 Å². The van der Waals surface area contributed by atoms with Crippen molar-refractivity contribution in [1.29, 1.82) is 0 Å². The minimum Gasteiger partial charge on any atom is -0.478 e. The van der Waals surface area contributed by atoms with Gasteiger partial charge in [-0.15, -0.1) is 10.2 Å². The Balaban J connectivity index is 2.28. The molecule has 1 aromatic heterocycles. The van der Waals surface area contributed by atoms with Crippen molar-refractivity contribution in [3.63, 3.8) is 0 Å². The number of aryl methyl sites for hydroxylation is 1. The summed E-state index contributed by atoms with van der Waals surface area (Å²) in [6.45, 7) is 1.87. The van der Waals surface area contributed by atoms with E-state index in [4.69, 9.17) is 10.8 Å². The second kappa shape index (κ2) is 4.72. The van der Waals surface area contributed by atoms with E-state index in [2.05, 4.69) is 10.2 Å². The number of carboxylic acids is 1. The molecular weight excluding hydrogens is 258 g/mol. The molecule has 2 aromatic rings. The standard InChI is InChI=1S/C10H9N3O2S2/c1-5-12-13-10(16-5)17-6-2-3-8(11)7(4-6)9(14)15/h2-4H,11H2,1H3,(H,14,15). The molecule has 0 amide bonds. The smallest absolute Gasteiger partial charge is 0.337 e. The predicted molar refractivity (Wildman–Crippen MR) is 66.6 cm³/mol. The van der Waals surface area contributed by atoms with Crippen molar-refractivity contribution in [3.8, 4) is 0 Å². The number of benzene rings is 1. The maximum absolute atomic E-state index is 10.9. The number of nitrogens with zero attached hydrogens (tertiary/aromatic N) is 2. The number of aromatic nitrogens is 2. The number of anilines is 1. The summed E-state index contributed by atoms with van der Waals surface area (Å²) in [5.74, 6) is -1.03. The largest absolute Gasteiger partial charge is 0.478 e. The highest BCUT2D eigenvalue weighted by Crippen LogP contribution is 2.31. The van der Waals surface area contributed by atoms with Gasteiger partial charge >= 0.3 is 5.97 Å². The van der Waals surface area contributed by atoms with Crippen LogP contribution in [0.4, 0.5) is 5.69 Å². The van der Waals surface area contributed by atoms with Gasteiger partial charge in [0.2, 0.25) is 0 Å².